The van der Waals surface area contributed by atoms with Crippen molar-refractivity contribution in [3.63, 3.8) is 0 Å². The largest absolute Gasteiger partial charge is 0.334 e. The lowest BCUT2D eigenvalue weighted by Crippen LogP contribution is -2.49. The van der Waals surface area contributed by atoms with Gasteiger partial charge in [-0.15, -0.1) is 0 Å². The second-order valence-corrected chi connectivity index (χ2v) is 8.74. The summed E-state index contributed by atoms with van der Waals surface area (Å²) >= 11 is 0. The molecule has 1 unspecified atom stereocenters. The molecule has 0 aromatic heterocycles. The minimum Gasteiger partial charge on any atom is -0.334 e. The molecule has 29 heavy (non-hydrogen) atoms. The minimum atomic E-state index is -0.885. The molecule has 7 heteroatoms. The van der Waals surface area contributed by atoms with E-state index < -0.39 is 11.6 Å². The highest BCUT2D eigenvalue weighted by Gasteiger charge is 2.56. The van der Waals surface area contributed by atoms with Gasteiger partial charge in [0.15, 0.2) is 0 Å². The summed E-state index contributed by atoms with van der Waals surface area (Å²) in [6.07, 6.45) is 6.93. The van der Waals surface area contributed by atoms with E-state index in [2.05, 4.69) is 5.32 Å². The maximum atomic E-state index is 13.3. The molecule has 0 radical (unpaired) electrons. The van der Waals surface area contributed by atoms with E-state index in [9.17, 15) is 18.8 Å². The van der Waals surface area contributed by atoms with Crippen molar-refractivity contribution in [1.29, 1.82) is 0 Å². The summed E-state index contributed by atoms with van der Waals surface area (Å²) in [6.45, 7) is 1.87. The lowest BCUT2D eigenvalue weighted by atomic mass is 9.93. The number of rotatable bonds is 6. The first kappa shape index (κ1) is 19.9. The molecule has 3 aliphatic rings. The fourth-order valence-electron chi connectivity index (χ4n) is 4.62. The van der Waals surface area contributed by atoms with Crippen LogP contribution in [0.2, 0.25) is 0 Å². The van der Waals surface area contributed by atoms with Crippen molar-refractivity contribution in [1.82, 2.24) is 15.1 Å². The normalized spacial score (nSPS) is 25.2. The number of carbonyl (C=O) groups excluding carboxylic acids is 3. The smallest absolute Gasteiger partial charge is 0.325 e. The second-order valence-electron chi connectivity index (χ2n) is 8.74. The second kappa shape index (κ2) is 7.76. The maximum absolute atomic E-state index is 13.3. The van der Waals surface area contributed by atoms with Gasteiger partial charge in [0.1, 0.15) is 17.9 Å². The molecule has 2 saturated carbocycles. The Morgan fingerprint density at radius 3 is 2.41 bits per heavy atom. The molecule has 0 bridgehead atoms. The van der Waals surface area contributed by atoms with Crippen LogP contribution in [-0.2, 0) is 16.1 Å². The number of hydrogen-bond acceptors (Lipinski definition) is 3. The highest BCUT2D eigenvalue weighted by Crippen LogP contribution is 2.42. The number of nitrogens with zero attached hydrogens (tertiary/aromatic N) is 2. The molecular formula is C22H28FN3O3. The predicted octanol–water partition coefficient (Wildman–Crippen LogP) is 3.21. The van der Waals surface area contributed by atoms with Crippen LogP contribution in [0, 0.1) is 11.7 Å². The van der Waals surface area contributed by atoms with E-state index in [0.29, 0.717) is 6.54 Å². The monoisotopic (exact) mass is 401 g/mol. The third kappa shape index (κ3) is 4.00. The molecule has 2 aliphatic carbocycles. The van der Waals surface area contributed by atoms with Gasteiger partial charge in [-0.2, -0.15) is 0 Å². The van der Waals surface area contributed by atoms with E-state index in [0.717, 1.165) is 55.4 Å². The van der Waals surface area contributed by atoms with E-state index in [1.54, 1.807) is 24.0 Å². The van der Waals surface area contributed by atoms with Gasteiger partial charge in [0.05, 0.1) is 0 Å². The number of hydrogen-bond donors (Lipinski definition) is 1. The van der Waals surface area contributed by atoms with Gasteiger partial charge >= 0.3 is 6.03 Å². The lowest BCUT2D eigenvalue weighted by Gasteiger charge is -2.35. The van der Waals surface area contributed by atoms with Crippen LogP contribution >= 0.6 is 0 Å². The molecule has 1 N–H and O–H groups in total. The van der Waals surface area contributed by atoms with Crippen molar-refractivity contribution in [2.24, 2.45) is 5.92 Å². The number of amides is 4. The summed E-state index contributed by atoms with van der Waals surface area (Å²) in [5.41, 5.74) is -0.0467. The van der Waals surface area contributed by atoms with Crippen LogP contribution in [0.15, 0.2) is 24.3 Å². The summed E-state index contributed by atoms with van der Waals surface area (Å²) in [6, 6.07) is 5.72. The molecule has 1 saturated heterocycles. The molecule has 1 aromatic carbocycles. The van der Waals surface area contributed by atoms with Crippen molar-refractivity contribution in [3.05, 3.63) is 35.6 Å². The van der Waals surface area contributed by atoms with Crippen molar-refractivity contribution >= 4 is 17.8 Å². The number of nitrogens with one attached hydrogen (secondary N) is 1. The van der Waals surface area contributed by atoms with Crippen molar-refractivity contribution in [2.75, 3.05) is 6.54 Å². The lowest BCUT2D eigenvalue weighted by molar-refractivity contribution is -0.141. The average molecular weight is 401 g/mol. The van der Waals surface area contributed by atoms with Gasteiger partial charge < -0.3 is 10.2 Å². The fourth-order valence-corrected chi connectivity index (χ4v) is 4.62. The van der Waals surface area contributed by atoms with E-state index in [4.69, 9.17) is 0 Å². The summed E-state index contributed by atoms with van der Waals surface area (Å²) in [4.78, 5) is 41.4. The third-order valence-corrected chi connectivity index (χ3v) is 6.59. The zero-order valence-electron chi connectivity index (χ0n) is 16.8. The third-order valence-electron chi connectivity index (χ3n) is 6.59. The maximum Gasteiger partial charge on any atom is 0.325 e. The molecule has 4 amide bonds. The van der Waals surface area contributed by atoms with Crippen LogP contribution < -0.4 is 5.32 Å². The van der Waals surface area contributed by atoms with Crippen molar-refractivity contribution < 1.29 is 18.8 Å². The molecule has 4 rings (SSSR count). The van der Waals surface area contributed by atoms with Gasteiger partial charge in [-0.05, 0) is 56.2 Å². The summed E-state index contributed by atoms with van der Waals surface area (Å²) in [7, 11) is 0. The van der Waals surface area contributed by atoms with Gasteiger partial charge in [-0.3, -0.25) is 14.5 Å². The van der Waals surface area contributed by atoms with Gasteiger partial charge in [0, 0.05) is 12.6 Å². The molecule has 1 heterocycles. The standard InChI is InChI=1S/C22H28FN3O3/c1-22(16-9-10-16)20(28)26(21(29)24-22)14-19(27)25(18-5-3-2-4-6-18)13-15-7-11-17(23)12-8-15/h7-8,11-12,16,18H,2-6,9-10,13-14H2,1H3,(H,24,29). The van der Waals surface area contributed by atoms with Gasteiger partial charge in [-0.25, -0.2) is 9.18 Å². The van der Waals surface area contributed by atoms with Crippen molar-refractivity contribution in [3.8, 4) is 0 Å². The van der Waals surface area contributed by atoms with E-state index >= 15 is 0 Å². The Morgan fingerprint density at radius 2 is 1.79 bits per heavy atom. The van der Waals surface area contributed by atoms with Crippen LogP contribution in [0.25, 0.3) is 0 Å². The summed E-state index contributed by atoms with van der Waals surface area (Å²) in [5.74, 6) is -0.691. The van der Waals surface area contributed by atoms with E-state index in [1.807, 2.05) is 0 Å². The topological polar surface area (TPSA) is 69.7 Å². The predicted molar refractivity (Wildman–Crippen MR) is 105 cm³/mol. The molecule has 1 atom stereocenters. The highest BCUT2D eigenvalue weighted by atomic mass is 19.1. The summed E-state index contributed by atoms with van der Waals surface area (Å²) < 4.78 is 13.3. The highest BCUT2D eigenvalue weighted by molar-refractivity contribution is 6.09. The number of benzene rings is 1. The van der Waals surface area contributed by atoms with E-state index in [1.165, 1.54) is 12.1 Å². The quantitative estimate of drug-likeness (QED) is 0.744. The zero-order chi connectivity index (χ0) is 20.6. The zero-order valence-corrected chi connectivity index (χ0v) is 16.8. The summed E-state index contributed by atoms with van der Waals surface area (Å²) in [5, 5.41) is 2.80. The molecular weight excluding hydrogens is 373 g/mol. The first-order valence-electron chi connectivity index (χ1n) is 10.6. The van der Waals surface area contributed by atoms with E-state index in [-0.39, 0.29) is 36.1 Å². The molecule has 3 fully saturated rings. The van der Waals surface area contributed by atoms with Gasteiger partial charge in [-0.1, -0.05) is 31.4 Å². The number of carbonyl (C=O) groups is 3. The minimum absolute atomic E-state index is 0.0804. The van der Waals surface area contributed by atoms with Crippen LogP contribution in [0.5, 0.6) is 0 Å². The Labute approximate surface area is 170 Å². The van der Waals surface area contributed by atoms with Crippen molar-refractivity contribution in [2.45, 2.75) is 70.0 Å². The van der Waals surface area contributed by atoms with Gasteiger partial charge in [0.2, 0.25) is 5.91 Å². The Bertz CT molecular complexity index is 802. The average Bonchev–Trinajstić information content (AvgIpc) is 3.54. The SMILES string of the molecule is CC1(C2CC2)NC(=O)N(CC(=O)N(Cc2ccc(F)cc2)C2CCCCC2)C1=O. The number of imide groups is 1. The Morgan fingerprint density at radius 1 is 1.14 bits per heavy atom. The molecule has 6 nitrogen and oxygen atoms in total. The van der Waals surface area contributed by atoms with Crippen LogP contribution in [0.1, 0.15) is 57.4 Å². The van der Waals surface area contributed by atoms with Gasteiger partial charge in [0.25, 0.3) is 5.91 Å². The first-order valence-corrected chi connectivity index (χ1v) is 10.6. The molecule has 1 aromatic rings. The molecule has 0 spiro atoms. The Balaban J connectivity index is 1.50. The first-order chi connectivity index (χ1) is 13.9. The van der Waals surface area contributed by atoms with Crippen LogP contribution in [0.4, 0.5) is 9.18 Å². The Kier molecular flexibility index (Phi) is 5.32. The van der Waals surface area contributed by atoms with Crippen LogP contribution in [0.3, 0.4) is 0 Å². The fraction of sp³-hybridized carbons (Fsp3) is 0.591. The number of urea groups is 1. The Hall–Kier alpha value is -2.44. The van der Waals surface area contributed by atoms with Crippen LogP contribution in [-0.4, -0.2) is 45.8 Å². The molecule has 156 valence electrons. The number of halogens is 1. The molecule has 1 aliphatic heterocycles.